The van der Waals surface area contributed by atoms with Crippen LogP contribution in [0, 0.1) is 11.8 Å². The highest BCUT2D eigenvalue weighted by Gasteiger charge is 2.71. The predicted octanol–water partition coefficient (Wildman–Crippen LogP) is 0.399. The molecule has 0 aliphatic heterocycles. The van der Waals surface area contributed by atoms with Gasteiger partial charge in [-0.15, -0.1) is 11.6 Å². The minimum absolute atomic E-state index is 0.487. The molecule has 0 heterocycles. The lowest BCUT2D eigenvalue weighted by atomic mass is 10.3. The molecule has 0 spiro atoms. The van der Waals surface area contributed by atoms with E-state index in [1.54, 1.807) is 0 Å². The molecular weight excluding hydrogens is 172 g/mol. The highest BCUT2D eigenvalue weighted by molar-refractivity contribution is 6.38. The molecule has 11 heavy (non-hydrogen) atoms. The van der Waals surface area contributed by atoms with Gasteiger partial charge in [-0.2, -0.15) is 0 Å². The SMILES string of the molecule is C[C@H]1[C@@H](C(=O)O)[C@@]1(Cl)C(=O)O. The molecule has 1 aliphatic rings. The van der Waals surface area contributed by atoms with E-state index in [-0.39, 0.29) is 0 Å². The number of hydrogen-bond donors (Lipinski definition) is 2. The fourth-order valence-corrected chi connectivity index (χ4v) is 1.59. The van der Waals surface area contributed by atoms with Gasteiger partial charge in [-0.3, -0.25) is 9.59 Å². The molecule has 0 amide bonds. The van der Waals surface area contributed by atoms with E-state index >= 15 is 0 Å². The number of alkyl halides is 1. The van der Waals surface area contributed by atoms with E-state index in [0.29, 0.717) is 0 Å². The van der Waals surface area contributed by atoms with Crippen LogP contribution in [-0.4, -0.2) is 27.0 Å². The van der Waals surface area contributed by atoms with Crippen LogP contribution in [0.3, 0.4) is 0 Å². The Kier molecular flexibility index (Phi) is 1.59. The van der Waals surface area contributed by atoms with E-state index < -0.39 is 28.6 Å². The molecular formula is C6H7ClO4. The lowest BCUT2D eigenvalue weighted by Crippen LogP contribution is -2.21. The Morgan fingerprint density at radius 3 is 2.00 bits per heavy atom. The molecule has 2 N–H and O–H groups in total. The van der Waals surface area contributed by atoms with Crippen molar-refractivity contribution in [1.29, 1.82) is 0 Å². The van der Waals surface area contributed by atoms with Gasteiger partial charge in [-0.05, 0) is 0 Å². The van der Waals surface area contributed by atoms with Gasteiger partial charge in [0, 0.05) is 5.92 Å². The summed E-state index contributed by atoms with van der Waals surface area (Å²) in [5.74, 6) is -3.82. The van der Waals surface area contributed by atoms with E-state index in [2.05, 4.69) is 0 Å². The van der Waals surface area contributed by atoms with Gasteiger partial charge in [0.2, 0.25) is 0 Å². The molecule has 3 atom stereocenters. The Morgan fingerprint density at radius 2 is 1.91 bits per heavy atom. The zero-order valence-corrected chi connectivity index (χ0v) is 6.50. The third-order valence-corrected chi connectivity index (χ3v) is 2.84. The minimum Gasteiger partial charge on any atom is -0.481 e. The van der Waals surface area contributed by atoms with Gasteiger partial charge in [0.25, 0.3) is 0 Å². The molecule has 0 aromatic heterocycles. The Bertz CT molecular complexity index is 227. The van der Waals surface area contributed by atoms with Crippen LogP contribution in [0.2, 0.25) is 0 Å². The van der Waals surface area contributed by atoms with Crippen LogP contribution in [0.1, 0.15) is 6.92 Å². The average molecular weight is 179 g/mol. The first-order valence-electron chi connectivity index (χ1n) is 3.07. The van der Waals surface area contributed by atoms with Crippen LogP contribution >= 0.6 is 11.6 Å². The van der Waals surface area contributed by atoms with Gasteiger partial charge in [-0.1, -0.05) is 6.92 Å². The monoisotopic (exact) mass is 178 g/mol. The molecule has 0 radical (unpaired) electrons. The van der Waals surface area contributed by atoms with Crippen molar-refractivity contribution < 1.29 is 19.8 Å². The second-order valence-corrected chi connectivity index (χ2v) is 3.30. The fourth-order valence-electron chi connectivity index (χ4n) is 1.24. The third-order valence-electron chi connectivity index (χ3n) is 2.10. The maximum Gasteiger partial charge on any atom is 0.325 e. The van der Waals surface area contributed by atoms with Gasteiger partial charge in [-0.25, -0.2) is 0 Å². The molecule has 1 fully saturated rings. The van der Waals surface area contributed by atoms with Crippen LogP contribution in [0.15, 0.2) is 0 Å². The molecule has 0 aromatic carbocycles. The van der Waals surface area contributed by atoms with E-state index in [9.17, 15) is 9.59 Å². The number of aliphatic carboxylic acids is 2. The summed E-state index contributed by atoms with van der Waals surface area (Å²) in [5.41, 5.74) is 0. The summed E-state index contributed by atoms with van der Waals surface area (Å²) in [6.07, 6.45) is 0. The van der Waals surface area contributed by atoms with Crippen molar-refractivity contribution >= 4 is 23.5 Å². The number of hydrogen-bond acceptors (Lipinski definition) is 2. The zero-order chi connectivity index (χ0) is 8.81. The summed E-state index contributed by atoms with van der Waals surface area (Å²) in [4.78, 5) is 19.2. The maximum absolute atomic E-state index is 10.4. The predicted molar refractivity (Wildman–Crippen MR) is 36.5 cm³/mol. The first kappa shape index (κ1) is 8.33. The first-order valence-corrected chi connectivity index (χ1v) is 3.45. The lowest BCUT2D eigenvalue weighted by Gasteiger charge is -1.97. The quantitative estimate of drug-likeness (QED) is 0.601. The van der Waals surface area contributed by atoms with Crippen LogP contribution in [0.5, 0.6) is 0 Å². The minimum atomic E-state index is -1.56. The van der Waals surface area contributed by atoms with E-state index in [0.717, 1.165) is 0 Å². The third kappa shape index (κ3) is 0.894. The Hall–Kier alpha value is -0.770. The topological polar surface area (TPSA) is 74.6 Å². The summed E-state index contributed by atoms with van der Waals surface area (Å²) in [5, 5.41) is 17.0. The molecule has 0 unspecified atom stereocenters. The van der Waals surface area contributed by atoms with Crippen LogP contribution < -0.4 is 0 Å². The summed E-state index contributed by atoms with van der Waals surface area (Å²) in [6, 6.07) is 0. The molecule has 0 saturated heterocycles. The standard InChI is InChI=1S/C6H7ClO4/c1-2-3(4(8)9)6(2,7)5(10)11/h2-3H,1H3,(H,8,9)(H,10,11)/t2-,3-,6+/m0/s1. The van der Waals surface area contributed by atoms with Gasteiger partial charge in [0.05, 0.1) is 5.92 Å². The molecule has 0 bridgehead atoms. The second-order valence-electron chi connectivity index (χ2n) is 2.68. The largest absolute Gasteiger partial charge is 0.481 e. The molecule has 1 saturated carbocycles. The Morgan fingerprint density at radius 1 is 1.45 bits per heavy atom. The molecule has 1 aliphatic carbocycles. The molecule has 0 aromatic rings. The summed E-state index contributed by atoms with van der Waals surface area (Å²) in [6.45, 7) is 1.51. The van der Waals surface area contributed by atoms with E-state index in [4.69, 9.17) is 21.8 Å². The first-order chi connectivity index (χ1) is 4.92. The number of halogens is 1. The molecule has 1 rings (SSSR count). The summed E-state index contributed by atoms with van der Waals surface area (Å²) >= 11 is 5.51. The highest BCUT2D eigenvalue weighted by Crippen LogP contribution is 2.55. The van der Waals surface area contributed by atoms with Gasteiger partial charge in [0.15, 0.2) is 4.87 Å². The Labute approximate surface area is 67.8 Å². The number of carboxylic acid groups (broad SMARTS) is 2. The van der Waals surface area contributed by atoms with Crippen molar-refractivity contribution in [3.63, 3.8) is 0 Å². The molecule has 62 valence electrons. The zero-order valence-electron chi connectivity index (χ0n) is 5.74. The number of carboxylic acids is 2. The van der Waals surface area contributed by atoms with E-state index in [1.165, 1.54) is 6.92 Å². The lowest BCUT2D eigenvalue weighted by molar-refractivity contribution is -0.143. The van der Waals surface area contributed by atoms with Crippen molar-refractivity contribution in [2.75, 3.05) is 0 Å². The van der Waals surface area contributed by atoms with Crippen LogP contribution in [0.25, 0.3) is 0 Å². The maximum atomic E-state index is 10.4. The fraction of sp³-hybridized carbons (Fsp3) is 0.667. The van der Waals surface area contributed by atoms with Crippen molar-refractivity contribution in [2.45, 2.75) is 11.8 Å². The Balaban J connectivity index is 2.81. The van der Waals surface area contributed by atoms with Gasteiger partial charge in [0.1, 0.15) is 0 Å². The van der Waals surface area contributed by atoms with Crippen LogP contribution in [0.4, 0.5) is 0 Å². The molecule has 5 heteroatoms. The smallest absolute Gasteiger partial charge is 0.325 e. The normalized spacial score (nSPS) is 41.6. The number of rotatable bonds is 2. The van der Waals surface area contributed by atoms with Crippen molar-refractivity contribution in [3.05, 3.63) is 0 Å². The average Bonchev–Trinajstić information content (AvgIpc) is 2.37. The van der Waals surface area contributed by atoms with Crippen molar-refractivity contribution in [3.8, 4) is 0 Å². The highest BCUT2D eigenvalue weighted by atomic mass is 35.5. The summed E-state index contributed by atoms with van der Waals surface area (Å²) < 4.78 is 0. The van der Waals surface area contributed by atoms with E-state index in [1.807, 2.05) is 0 Å². The van der Waals surface area contributed by atoms with Crippen molar-refractivity contribution in [1.82, 2.24) is 0 Å². The van der Waals surface area contributed by atoms with Crippen molar-refractivity contribution in [2.24, 2.45) is 11.8 Å². The number of carbonyl (C=O) groups is 2. The van der Waals surface area contributed by atoms with Gasteiger partial charge >= 0.3 is 11.9 Å². The summed E-state index contributed by atoms with van der Waals surface area (Å²) in [7, 11) is 0. The van der Waals surface area contributed by atoms with Crippen LogP contribution in [-0.2, 0) is 9.59 Å². The van der Waals surface area contributed by atoms with Gasteiger partial charge < -0.3 is 10.2 Å². The second kappa shape index (κ2) is 2.11. The molecule has 4 nitrogen and oxygen atoms in total.